The summed E-state index contributed by atoms with van der Waals surface area (Å²) in [6, 6.07) is 12.0. The second-order valence-corrected chi connectivity index (χ2v) is 7.25. The third-order valence-electron chi connectivity index (χ3n) is 3.98. The number of hydrogen-bond acceptors (Lipinski definition) is 5. The van der Waals surface area contributed by atoms with Crippen molar-refractivity contribution in [3.05, 3.63) is 70.2 Å². The van der Waals surface area contributed by atoms with Crippen molar-refractivity contribution in [2.24, 2.45) is 0 Å². The standard InChI is InChI=1S/C20H18ClN3O3S/c1-12-15(21)7-5-8-16(12)23-19(26)14-6-3-4-9-17(14)27-13(2)18(25)24-20-22-10-11-28-20/h3-11,13H,1-2H3,(H,23,26)(H,22,24,25). The van der Waals surface area contributed by atoms with E-state index in [1.807, 2.05) is 6.92 Å². The molecule has 0 aliphatic rings. The number of thiazole rings is 1. The zero-order chi connectivity index (χ0) is 20.1. The molecule has 0 aliphatic heterocycles. The smallest absolute Gasteiger partial charge is 0.266 e. The van der Waals surface area contributed by atoms with Crippen LogP contribution in [0.4, 0.5) is 10.8 Å². The number of carbonyl (C=O) groups is 2. The number of benzene rings is 2. The van der Waals surface area contributed by atoms with Crippen LogP contribution in [0.1, 0.15) is 22.8 Å². The molecule has 28 heavy (non-hydrogen) atoms. The number of aromatic nitrogens is 1. The molecule has 1 aromatic heterocycles. The minimum atomic E-state index is -0.814. The Bertz CT molecular complexity index is 992. The van der Waals surface area contributed by atoms with E-state index in [0.29, 0.717) is 27.2 Å². The van der Waals surface area contributed by atoms with Crippen LogP contribution in [0.15, 0.2) is 54.0 Å². The van der Waals surface area contributed by atoms with Crippen molar-refractivity contribution in [3.63, 3.8) is 0 Å². The van der Waals surface area contributed by atoms with Crippen LogP contribution in [0.3, 0.4) is 0 Å². The van der Waals surface area contributed by atoms with E-state index in [1.54, 1.807) is 61.0 Å². The van der Waals surface area contributed by atoms with Gasteiger partial charge in [0.05, 0.1) is 5.56 Å². The number of nitrogens with zero attached hydrogens (tertiary/aromatic N) is 1. The molecule has 2 amide bonds. The highest BCUT2D eigenvalue weighted by molar-refractivity contribution is 7.13. The van der Waals surface area contributed by atoms with Gasteiger partial charge in [0, 0.05) is 22.3 Å². The highest BCUT2D eigenvalue weighted by Crippen LogP contribution is 2.26. The Balaban J connectivity index is 1.74. The summed E-state index contributed by atoms with van der Waals surface area (Å²) in [4.78, 5) is 29.1. The highest BCUT2D eigenvalue weighted by atomic mass is 35.5. The van der Waals surface area contributed by atoms with Gasteiger partial charge in [-0.25, -0.2) is 4.98 Å². The largest absolute Gasteiger partial charge is 0.480 e. The molecule has 3 aromatic rings. The lowest BCUT2D eigenvalue weighted by atomic mass is 10.1. The summed E-state index contributed by atoms with van der Waals surface area (Å²) in [5.74, 6) is -0.397. The number of hydrogen-bond donors (Lipinski definition) is 2. The molecule has 0 spiro atoms. The summed E-state index contributed by atoms with van der Waals surface area (Å²) >= 11 is 7.43. The molecule has 0 aliphatic carbocycles. The van der Waals surface area contributed by atoms with Crippen molar-refractivity contribution in [2.75, 3.05) is 10.6 Å². The van der Waals surface area contributed by atoms with Crippen molar-refractivity contribution in [3.8, 4) is 5.75 Å². The van der Waals surface area contributed by atoms with Gasteiger partial charge in [0.1, 0.15) is 5.75 Å². The van der Waals surface area contributed by atoms with Gasteiger partial charge in [0.2, 0.25) is 0 Å². The molecule has 0 saturated heterocycles. The van der Waals surface area contributed by atoms with Gasteiger partial charge in [0.25, 0.3) is 11.8 Å². The van der Waals surface area contributed by atoms with Crippen LogP contribution in [0.5, 0.6) is 5.75 Å². The molecule has 8 heteroatoms. The van der Waals surface area contributed by atoms with E-state index in [0.717, 1.165) is 5.56 Å². The SMILES string of the molecule is Cc1c(Cl)cccc1NC(=O)c1ccccc1OC(C)C(=O)Nc1nccs1. The minimum Gasteiger partial charge on any atom is -0.480 e. The molecule has 6 nitrogen and oxygen atoms in total. The van der Waals surface area contributed by atoms with Gasteiger partial charge in [-0.15, -0.1) is 11.3 Å². The average molecular weight is 416 g/mol. The van der Waals surface area contributed by atoms with Gasteiger partial charge < -0.3 is 10.1 Å². The number of nitrogens with one attached hydrogen (secondary N) is 2. The van der Waals surface area contributed by atoms with E-state index in [1.165, 1.54) is 11.3 Å². The molecule has 2 aromatic carbocycles. The third kappa shape index (κ3) is 4.68. The van der Waals surface area contributed by atoms with Gasteiger partial charge in [-0.05, 0) is 43.7 Å². The van der Waals surface area contributed by atoms with Crippen LogP contribution in [-0.2, 0) is 4.79 Å². The molecule has 0 saturated carbocycles. The van der Waals surface area contributed by atoms with Crippen molar-refractivity contribution >= 4 is 45.6 Å². The summed E-state index contributed by atoms with van der Waals surface area (Å²) in [6.45, 7) is 3.43. The van der Waals surface area contributed by atoms with E-state index < -0.39 is 6.10 Å². The lowest BCUT2D eigenvalue weighted by molar-refractivity contribution is -0.122. The molecule has 144 valence electrons. The monoisotopic (exact) mass is 415 g/mol. The Morgan fingerprint density at radius 3 is 2.68 bits per heavy atom. The summed E-state index contributed by atoms with van der Waals surface area (Å²) in [5.41, 5.74) is 1.70. The first-order valence-electron chi connectivity index (χ1n) is 8.48. The summed E-state index contributed by atoms with van der Waals surface area (Å²) in [5, 5.41) is 8.32. The topological polar surface area (TPSA) is 80.3 Å². The van der Waals surface area contributed by atoms with Crippen molar-refractivity contribution in [1.82, 2.24) is 4.98 Å². The Labute approximate surface area is 171 Å². The van der Waals surface area contributed by atoms with Crippen molar-refractivity contribution < 1.29 is 14.3 Å². The summed E-state index contributed by atoms with van der Waals surface area (Å²) < 4.78 is 5.75. The fourth-order valence-corrected chi connectivity index (χ4v) is 3.13. The number of para-hydroxylation sites is 1. The zero-order valence-corrected chi connectivity index (χ0v) is 16.8. The molecule has 3 rings (SSSR count). The number of carbonyl (C=O) groups excluding carboxylic acids is 2. The van der Waals surface area contributed by atoms with E-state index >= 15 is 0 Å². The molecule has 0 bridgehead atoms. The van der Waals surface area contributed by atoms with Crippen molar-refractivity contribution in [1.29, 1.82) is 0 Å². The predicted molar refractivity (Wildman–Crippen MR) is 111 cm³/mol. The third-order valence-corrected chi connectivity index (χ3v) is 5.08. The first-order valence-corrected chi connectivity index (χ1v) is 9.74. The normalized spacial score (nSPS) is 11.5. The van der Waals surface area contributed by atoms with Crippen molar-refractivity contribution in [2.45, 2.75) is 20.0 Å². The molecule has 1 atom stereocenters. The molecule has 1 unspecified atom stereocenters. The summed E-state index contributed by atoms with van der Waals surface area (Å²) in [6.07, 6.45) is 0.786. The minimum absolute atomic E-state index is 0.307. The number of amides is 2. The summed E-state index contributed by atoms with van der Waals surface area (Å²) in [7, 11) is 0. The van der Waals surface area contributed by atoms with Gasteiger partial charge in [-0.3, -0.25) is 14.9 Å². The van der Waals surface area contributed by atoms with Crippen LogP contribution in [0.25, 0.3) is 0 Å². The first kappa shape index (κ1) is 19.9. The molecular formula is C20H18ClN3O3S. The Hall–Kier alpha value is -2.90. The maximum atomic E-state index is 12.8. The first-order chi connectivity index (χ1) is 13.5. The van der Waals surface area contributed by atoms with Gasteiger partial charge in [-0.1, -0.05) is 29.8 Å². The fourth-order valence-electron chi connectivity index (χ4n) is 2.43. The van der Waals surface area contributed by atoms with E-state index in [-0.39, 0.29) is 11.8 Å². The van der Waals surface area contributed by atoms with Crippen LogP contribution in [-0.4, -0.2) is 22.9 Å². The van der Waals surface area contributed by atoms with E-state index in [2.05, 4.69) is 15.6 Å². The van der Waals surface area contributed by atoms with Gasteiger partial charge >= 0.3 is 0 Å². The quantitative estimate of drug-likeness (QED) is 0.608. The Morgan fingerprint density at radius 2 is 1.93 bits per heavy atom. The van der Waals surface area contributed by atoms with E-state index in [4.69, 9.17) is 16.3 Å². The van der Waals surface area contributed by atoms with Crippen LogP contribution in [0, 0.1) is 6.92 Å². The average Bonchev–Trinajstić information content (AvgIpc) is 3.18. The lowest BCUT2D eigenvalue weighted by Gasteiger charge is -2.17. The Morgan fingerprint density at radius 1 is 1.14 bits per heavy atom. The lowest BCUT2D eigenvalue weighted by Crippen LogP contribution is -2.30. The molecule has 2 N–H and O–H groups in total. The number of rotatable bonds is 6. The second kappa shape index (κ2) is 8.86. The van der Waals surface area contributed by atoms with Crippen LogP contribution < -0.4 is 15.4 Å². The maximum Gasteiger partial charge on any atom is 0.266 e. The predicted octanol–water partition coefficient (Wildman–Crippen LogP) is 4.76. The van der Waals surface area contributed by atoms with Gasteiger partial charge in [-0.2, -0.15) is 0 Å². The molecule has 1 heterocycles. The van der Waals surface area contributed by atoms with Gasteiger partial charge in [0.15, 0.2) is 11.2 Å². The molecular weight excluding hydrogens is 398 g/mol. The highest BCUT2D eigenvalue weighted by Gasteiger charge is 2.20. The zero-order valence-electron chi connectivity index (χ0n) is 15.2. The maximum absolute atomic E-state index is 12.8. The number of halogens is 1. The molecule has 0 fully saturated rings. The number of ether oxygens (including phenoxy) is 1. The fraction of sp³-hybridized carbons (Fsp3) is 0.150. The molecule has 0 radical (unpaired) electrons. The van der Waals surface area contributed by atoms with Crippen LogP contribution >= 0.6 is 22.9 Å². The second-order valence-electron chi connectivity index (χ2n) is 5.95. The van der Waals surface area contributed by atoms with Crippen LogP contribution in [0.2, 0.25) is 5.02 Å². The van der Waals surface area contributed by atoms with E-state index in [9.17, 15) is 9.59 Å². The Kier molecular flexibility index (Phi) is 6.28. The number of anilines is 2.